The lowest BCUT2D eigenvalue weighted by Gasteiger charge is -2.38. The van der Waals surface area contributed by atoms with E-state index in [0.717, 1.165) is 0 Å². The maximum Gasteiger partial charge on any atom is 0.313 e. The van der Waals surface area contributed by atoms with Crippen LogP contribution in [0.25, 0.3) is 0 Å². The Balaban J connectivity index is 1.65. The number of hydrogen-bond donors (Lipinski definition) is 2. The highest BCUT2D eigenvalue weighted by molar-refractivity contribution is 9.09. The fourth-order valence-electron chi connectivity index (χ4n) is 6.81. The maximum atomic E-state index is 14.2. The molecule has 3 saturated heterocycles. The molecule has 1 unspecified atom stereocenters. The Hall–Kier alpha value is -3.02. The molecule has 0 saturated carbocycles. The summed E-state index contributed by atoms with van der Waals surface area (Å²) in [6.07, 6.45) is 3.99. The van der Waals surface area contributed by atoms with Crippen molar-refractivity contribution in [1.29, 1.82) is 0 Å². The van der Waals surface area contributed by atoms with Gasteiger partial charge < -0.3 is 29.7 Å². The average Bonchev–Trinajstić information content (AvgIpc) is 3.60. The topological polar surface area (TPSA) is 125 Å². The number of ether oxygens (including phenoxy) is 2. The second kappa shape index (κ2) is 14.8. The van der Waals surface area contributed by atoms with Crippen molar-refractivity contribution in [3.05, 3.63) is 61.2 Å². The van der Waals surface area contributed by atoms with Gasteiger partial charge >= 0.3 is 5.97 Å². The maximum absolute atomic E-state index is 14.2. The zero-order chi connectivity index (χ0) is 32.0. The number of fused-ring (bicyclic) bond motifs is 1. The summed E-state index contributed by atoms with van der Waals surface area (Å²) >= 11 is 3.70. The Morgan fingerprint density at radius 3 is 2.59 bits per heavy atom. The number of esters is 1. The number of halogens is 1. The molecule has 3 heterocycles. The molecule has 3 aliphatic heterocycles. The molecule has 11 heteroatoms. The molecule has 0 aliphatic carbocycles. The summed E-state index contributed by atoms with van der Waals surface area (Å²) in [4.78, 5) is 57.9. The molecule has 2 bridgehead atoms. The van der Waals surface area contributed by atoms with Gasteiger partial charge in [0.15, 0.2) is 0 Å². The van der Waals surface area contributed by atoms with E-state index in [0.29, 0.717) is 37.8 Å². The molecule has 2 N–H and O–H groups in total. The van der Waals surface area contributed by atoms with Crippen LogP contribution in [0.1, 0.15) is 57.6 Å². The van der Waals surface area contributed by atoms with Gasteiger partial charge in [-0.25, -0.2) is 0 Å². The van der Waals surface area contributed by atoms with Crippen molar-refractivity contribution in [1.82, 2.24) is 15.1 Å². The van der Waals surface area contributed by atoms with Crippen LogP contribution < -0.4 is 5.32 Å². The van der Waals surface area contributed by atoms with Crippen LogP contribution in [0.5, 0.6) is 0 Å². The lowest BCUT2D eigenvalue weighted by Crippen LogP contribution is -2.58. The molecule has 4 rings (SSSR count). The number of rotatable bonds is 16. The van der Waals surface area contributed by atoms with Gasteiger partial charge in [-0.1, -0.05) is 58.4 Å². The summed E-state index contributed by atoms with van der Waals surface area (Å²) in [7, 11) is 0. The molecule has 3 fully saturated rings. The van der Waals surface area contributed by atoms with E-state index in [2.05, 4.69) is 34.4 Å². The fourth-order valence-corrected chi connectivity index (χ4v) is 7.75. The monoisotopic (exact) mass is 673 g/mol. The Bertz CT molecular complexity index is 1230. The number of carbonyl (C=O) groups excluding carboxylic acids is 4. The number of nitrogens with zero attached hydrogens (tertiary/aromatic N) is 2. The molecule has 0 radical (unpaired) electrons. The lowest BCUT2D eigenvalue weighted by atomic mass is 9.70. The van der Waals surface area contributed by atoms with Gasteiger partial charge in [-0.15, -0.1) is 13.2 Å². The van der Waals surface area contributed by atoms with E-state index in [1.807, 2.05) is 44.2 Å². The van der Waals surface area contributed by atoms with Crippen LogP contribution in [0.2, 0.25) is 0 Å². The molecule has 3 amide bonds. The number of aliphatic hydroxyl groups excluding tert-OH is 1. The van der Waals surface area contributed by atoms with Crippen LogP contribution in [0, 0.1) is 11.8 Å². The van der Waals surface area contributed by atoms with E-state index in [4.69, 9.17) is 9.47 Å². The van der Waals surface area contributed by atoms with E-state index in [1.165, 1.54) is 0 Å². The fraction of sp³-hybridized carbons (Fsp3) is 0.576. The van der Waals surface area contributed by atoms with Crippen molar-refractivity contribution in [3.8, 4) is 0 Å². The van der Waals surface area contributed by atoms with Crippen LogP contribution in [-0.4, -0.2) is 93.5 Å². The molecule has 1 spiro atoms. The van der Waals surface area contributed by atoms with E-state index < -0.39 is 41.7 Å². The molecule has 10 nitrogen and oxygen atoms in total. The van der Waals surface area contributed by atoms with Gasteiger partial charge in [0.25, 0.3) is 0 Å². The molecule has 1 aromatic rings. The Morgan fingerprint density at radius 2 is 1.95 bits per heavy atom. The second-order valence-electron chi connectivity index (χ2n) is 12.0. The second-order valence-corrected chi connectivity index (χ2v) is 13.1. The normalized spacial score (nSPS) is 27.6. The number of benzene rings is 1. The summed E-state index contributed by atoms with van der Waals surface area (Å²) in [6.45, 7) is 11.8. The van der Waals surface area contributed by atoms with Gasteiger partial charge in [-0.3, -0.25) is 19.2 Å². The SMILES string of the molecule is C=CCCC(=O)NC[C@@H](OC(=O)[C@@H]1[C@H]2O[C@@]3(CC2Br)[C@H](C(=O)N(CC=C)C(C)C)N(CCCCO)C(=O)[C@@H]13)c1ccccc1. The van der Waals surface area contributed by atoms with Crippen molar-refractivity contribution in [3.63, 3.8) is 0 Å². The van der Waals surface area contributed by atoms with E-state index >= 15 is 0 Å². The molecule has 44 heavy (non-hydrogen) atoms. The van der Waals surface area contributed by atoms with Crippen molar-refractivity contribution in [2.45, 2.75) is 80.7 Å². The number of aliphatic hydroxyl groups is 1. The van der Waals surface area contributed by atoms with Crippen LogP contribution in [0.3, 0.4) is 0 Å². The van der Waals surface area contributed by atoms with Crippen LogP contribution in [0.15, 0.2) is 55.6 Å². The highest BCUT2D eigenvalue weighted by atomic mass is 79.9. The predicted octanol–water partition coefficient (Wildman–Crippen LogP) is 3.30. The molecule has 7 atom stereocenters. The summed E-state index contributed by atoms with van der Waals surface area (Å²) in [5, 5.41) is 12.3. The summed E-state index contributed by atoms with van der Waals surface area (Å²) in [6, 6.07) is 8.04. The minimum atomic E-state index is -1.22. The van der Waals surface area contributed by atoms with Gasteiger partial charge in [-0.2, -0.15) is 0 Å². The van der Waals surface area contributed by atoms with Gasteiger partial charge in [-0.05, 0) is 45.1 Å². The minimum Gasteiger partial charge on any atom is -0.455 e. The van der Waals surface area contributed by atoms with Crippen molar-refractivity contribution < 1.29 is 33.8 Å². The molecular weight excluding hydrogens is 630 g/mol. The molecule has 3 aliphatic rings. The summed E-state index contributed by atoms with van der Waals surface area (Å²) in [5.41, 5.74) is -0.516. The number of unbranched alkanes of at least 4 members (excludes halogenated alkanes) is 1. The van der Waals surface area contributed by atoms with Gasteiger partial charge in [0.1, 0.15) is 17.7 Å². The third kappa shape index (κ3) is 6.65. The van der Waals surface area contributed by atoms with E-state index in [-0.39, 0.29) is 54.7 Å². The average molecular weight is 675 g/mol. The van der Waals surface area contributed by atoms with Crippen LogP contribution >= 0.6 is 15.9 Å². The third-order valence-electron chi connectivity index (χ3n) is 8.82. The standard InChI is InChI=1S/C33H44BrN3O7/c1-5-7-15-25(39)35-20-24(22-13-9-8-10-14-22)43-32(42)26-27-30(40)37(17-11-12-18-38)29(31(41)36(16-6-2)21(3)4)33(27)19-23(34)28(26)44-33/h5-6,8-10,13-14,21,23-24,26-29,38H,1-2,7,11-12,15-20H2,3-4H3,(H,35,39)/t23?,24-,26+,27-,28+,29+,33-/m1/s1. The molecule has 1 aromatic carbocycles. The van der Waals surface area contributed by atoms with Gasteiger partial charge in [0.2, 0.25) is 17.7 Å². The Morgan fingerprint density at radius 1 is 1.23 bits per heavy atom. The first kappa shape index (κ1) is 33.9. The van der Waals surface area contributed by atoms with Crippen LogP contribution in [-0.2, 0) is 28.7 Å². The number of hydrogen-bond acceptors (Lipinski definition) is 7. The van der Waals surface area contributed by atoms with Crippen molar-refractivity contribution in [2.24, 2.45) is 11.8 Å². The van der Waals surface area contributed by atoms with Crippen molar-refractivity contribution in [2.75, 3.05) is 26.2 Å². The third-order valence-corrected chi connectivity index (χ3v) is 9.67. The molecule has 0 aromatic heterocycles. The number of nitrogens with one attached hydrogen (secondary N) is 1. The summed E-state index contributed by atoms with van der Waals surface area (Å²) in [5.74, 6) is -3.23. The first-order valence-electron chi connectivity index (χ1n) is 15.4. The lowest BCUT2D eigenvalue weighted by molar-refractivity contribution is -0.160. The Labute approximate surface area is 267 Å². The molecule has 240 valence electrons. The number of carbonyl (C=O) groups is 4. The van der Waals surface area contributed by atoms with Gasteiger partial charge in [0.05, 0.1) is 24.5 Å². The summed E-state index contributed by atoms with van der Waals surface area (Å²) < 4.78 is 12.7. The van der Waals surface area contributed by atoms with Crippen molar-refractivity contribution >= 4 is 39.6 Å². The van der Waals surface area contributed by atoms with E-state index in [1.54, 1.807) is 22.0 Å². The Kier molecular flexibility index (Phi) is 11.4. The highest BCUT2D eigenvalue weighted by Gasteiger charge is 2.77. The number of amides is 3. The number of allylic oxidation sites excluding steroid dienone is 1. The smallest absolute Gasteiger partial charge is 0.313 e. The van der Waals surface area contributed by atoms with E-state index in [9.17, 15) is 24.3 Å². The largest absolute Gasteiger partial charge is 0.455 e. The molecular formula is C33H44BrN3O7. The predicted molar refractivity (Wildman–Crippen MR) is 168 cm³/mol. The number of alkyl halides is 1. The minimum absolute atomic E-state index is 0.0359. The first-order valence-corrected chi connectivity index (χ1v) is 16.3. The van der Waals surface area contributed by atoms with Gasteiger partial charge in [0, 0.05) is 37.0 Å². The zero-order valence-corrected chi connectivity index (χ0v) is 27.1. The van der Waals surface area contributed by atoms with Crippen LogP contribution in [0.4, 0.5) is 0 Å². The number of likely N-dealkylation sites (tertiary alicyclic amines) is 1. The zero-order valence-electron chi connectivity index (χ0n) is 25.5. The quantitative estimate of drug-likeness (QED) is 0.119. The first-order chi connectivity index (χ1) is 21.1. The highest BCUT2D eigenvalue weighted by Crippen LogP contribution is 2.60.